The summed E-state index contributed by atoms with van der Waals surface area (Å²) in [4.78, 5) is 29.5. The molecule has 154 valence electrons. The molecule has 5 nitrogen and oxygen atoms in total. The lowest BCUT2D eigenvalue weighted by molar-refractivity contribution is 0.0755. The van der Waals surface area contributed by atoms with Crippen LogP contribution in [0, 0.1) is 0 Å². The van der Waals surface area contributed by atoms with E-state index in [1.165, 1.54) is 18.5 Å². The maximum atomic E-state index is 12.7. The predicted octanol–water partition coefficient (Wildman–Crippen LogP) is 4.80. The zero-order valence-corrected chi connectivity index (χ0v) is 17.5. The van der Waals surface area contributed by atoms with Gasteiger partial charge >= 0.3 is 0 Å². The van der Waals surface area contributed by atoms with E-state index in [0.717, 1.165) is 44.7 Å². The second kappa shape index (κ2) is 10.1. The van der Waals surface area contributed by atoms with Gasteiger partial charge in [-0.3, -0.25) is 9.59 Å². The largest absolute Gasteiger partial charge is 0.372 e. The Balaban J connectivity index is 1.61. The van der Waals surface area contributed by atoms with Gasteiger partial charge < -0.3 is 15.1 Å². The lowest BCUT2D eigenvalue weighted by Crippen LogP contribution is -2.32. The van der Waals surface area contributed by atoms with Crippen molar-refractivity contribution < 1.29 is 9.59 Å². The molecule has 1 fully saturated rings. The number of benzene rings is 2. The fraction of sp³-hybridized carbons (Fsp3) is 0.417. The van der Waals surface area contributed by atoms with Gasteiger partial charge in [-0.25, -0.2) is 0 Å². The van der Waals surface area contributed by atoms with Gasteiger partial charge in [0.15, 0.2) is 0 Å². The predicted molar refractivity (Wildman–Crippen MR) is 119 cm³/mol. The molecule has 1 aliphatic rings. The molecule has 1 heterocycles. The first-order valence-electron chi connectivity index (χ1n) is 10.7. The highest BCUT2D eigenvalue weighted by atomic mass is 16.2. The van der Waals surface area contributed by atoms with Crippen molar-refractivity contribution in [2.24, 2.45) is 0 Å². The molecule has 0 atom stereocenters. The summed E-state index contributed by atoms with van der Waals surface area (Å²) in [6.45, 7) is 7.85. The van der Waals surface area contributed by atoms with Crippen LogP contribution in [0.4, 0.5) is 11.4 Å². The molecule has 1 saturated heterocycles. The Morgan fingerprint density at radius 3 is 1.97 bits per heavy atom. The summed E-state index contributed by atoms with van der Waals surface area (Å²) in [6.07, 6.45) is 4.35. The minimum Gasteiger partial charge on any atom is -0.372 e. The number of hydrogen-bond acceptors (Lipinski definition) is 3. The smallest absolute Gasteiger partial charge is 0.255 e. The number of carbonyl (C=O) groups excluding carboxylic acids is 2. The Kier molecular flexibility index (Phi) is 7.28. The zero-order valence-electron chi connectivity index (χ0n) is 17.5. The molecule has 2 amide bonds. The lowest BCUT2D eigenvalue weighted by atomic mass is 10.1. The van der Waals surface area contributed by atoms with Gasteiger partial charge in [0.1, 0.15) is 0 Å². The Morgan fingerprint density at radius 1 is 0.862 bits per heavy atom. The van der Waals surface area contributed by atoms with Crippen LogP contribution in [0.15, 0.2) is 48.5 Å². The molecule has 1 aliphatic heterocycles. The third-order valence-corrected chi connectivity index (χ3v) is 5.26. The average molecular weight is 394 g/mol. The van der Waals surface area contributed by atoms with Crippen molar-refractivity contribution in [1.29, 1.82) is 0 Å². The van der Waals surface area contributed by atoms with Crippen LogP contribution in [0.1, 0.15) is 60.2 Å². The number of nitrogens with zero attached hydrogens (tertiary/aromatic N) is 2. The van der Waals surface area contributed by atoms with E-state index in [2.05, 4.69) is 36.2 Å². The Hall–Kier alpha value is -2.82. The van der Waals surface area contributed by atoms with Crippen molar-refractivity contribution in [3.63, 3.8) is 0 Å². The maximum absolute atomic E-state index is 12.7. The van der Waals surface area contributed by atoms with Gasteiger partial charge in [0, 0.05) is 48.7 Å². The highest BCUT2D eigenvalue weighted by molar-refractivity contribution is 6.05. The molecule has 2 aromatic rings. The van der Waals surface area contributed by atoms with Crippen molar-refractivity contribution in [2.45, 2.75) is 39.5 Å². The molecule has 0 saturated carbocycles. The molecule has 0 spiro atoms. The van der Waals surface area contributed by atoms with Crippen LogP contribution >= 0.6 is 0 Å². The molecule has 2 aromatic carbocycles. The van der Waals surface area contributed by atoms with E-state index in [1.807, 2.05) is 17.0 Å². The zero-order chi connectivity index (χ0) is 20.6. The van der Waals surface area contributed by atoms with Crippen molar-refractivity contribution in [1.82, 2.24) is 4.90 Å². The molecule has 29 heavy (non-hydrogen) atoms. The summed E-state index contributed by atoms with van der Waals surface area (Å²) in [6, 6.07) is 14.9. The number of hydrogen-bond donors (Lipinski definition) is 1. The summed E-state index contributed by atoms with van der Waals surface area (Å²) in [5, 5.41) is 2.94. The number of carbonyl (C=O) groups is 2. The molecule has 0 bridgehead atoms. The quantitative estimate of drug-likeness (QED) is 0.701. The summed E-state index contributed by atoms with van der Waals surface area (Å²) in [7, 11) is 0. The molecule has 0 radical (unpaired) electrons. The molecule has 5 heteroatoms. The number of nitrogens with one attached hydrogen (secondary N) is 1. The summed E-state index contributed by atoms with van der Waals surface area (Å²) in [5.74, 6) is -0.143. The first kappa shape index (κ1) is 20.9. The summed E-state index contributed by atoms with van der Waals surface area (Å²) < 4.78 is 0. The van der Waals surface area contributed by atoms with E-state index in [-0.39, 0.29) is 11.8 Å². The number of amides is 2. The topological polar surface area (TPSA) is 52.7 Å². The van der Waals surface area contributed by atoms with Gasteiger partial charge in [-0.15, -0.1) is 0 Å². The van der Waals surface area contributed by atoms with E-state index in [9.17, 15) is 9.59 Å². The van der Waals surface area contributed by atoms with Crippen LogP contribution in [0.2, 0.25) is 0 Å². The number of anilines is 2. The molecular formula is C24H31N3O2. The number of rotatable bonds is 8. The Labute approximate surface area is 173 Å². The first-order chi connectivity index (χ1) is 14.1. The molecule has 3 rings (SSSR count). The highest BCUT2D eigenvalue weighted by Gasteiger charge is 2.15. The lowest BCUT2D eigenvalue weighted by Gasteiger charge is -2.21. The second-order valence-corrected chi connectivity index (χ2v) is 7.56. The fourth-order valence-corrected chi connectivity index (χ4v) is 3.74. The van der Waals surface area contributed by atoms with Gasteiger partial charge in [-0.2, -0.15) is 0 Å². The SMILES string of the molecule is CCCN(CCC)C(=O)c1ccc(C(=O)Nc2ccc(N3CCCC3)cc2)cc1. The minimum atomic E-state index is -0.170. The van der Waals surface area contributed by atoms with Crippen LogP contribution < -0.4 is 10.2 Å². The first-order valence-corrected chi connectivity index (χ1v) is 10.7. The normalized spacial score (nSPS) is 13.4. The van der Waals surface area contributed by atoms with Gasteiger partial charge in [0.2, 0.25) is 0 Å². The fourth-order valence-electron chi connectivity index (χ4n) is 3.74. The highest BCUT2D eigenvalue weighted by Crippen LogP contribution is 2.22. The van der Waals surface area contributed by atoms with E-state index < -0.39 is 0 Å². The third kappa shape index (κ3) is 5.37. The molecule has 0 aliphatic carbocycles. The summed E-state index contributed by atoms with van der Waals surface area (Å²) >= 11 is 0. The van der Waals surface area contributed by atoms with Crippen molar-refractivity contribution in [3.8, 4) is 0 Å². The van der Waals surface area contributed by atoms with Crippen LogP contribution in [0.5, 0.6) is 0 Å². The van der Waals surface area contributed by atoms with Crippen LogP contribution in [-0.4, -0.2) is 42.9 Å². The van der Waals surface area contributed by atoms with Crippen LogP contribution in [0.25, 0.3) is 0 Å². The van der Waals surface area contributed by atoms with Gasteiger partial charge in [-0.05, 0) is 74.2 Å². The van der Waals surface area contributed by atoms with Crippen LogP contribution in [-0.2, 0) is 0 Å². The van der Waals surface area contributed by atoms with Gasteiger partial charge in [-0.1, -0.05) is 13.8 Å². The van der Waals surface area contributed by atoms with E-state index in [0.29, 0.717) is 11.1 Å². The molecule has 0 aromatic heterocycles. The van der Waals surface area contributed by atoms with Gasteiger partial charge in [0.05, 0.1) is 0 Å². The van der Waals surface area contributed by atoms with E-state index >= 15 is 0 Å². The van der Waals surface area contributed by atoms with Crippen LogP contribution in [0.3, 0.4) is 0 Å². The van der Waals surface area contributed by atoms with E-state index in [1.54, 1.807) is 24.3 Å². The Morgan fingerprint density at radius 2 is 1.41 bits per heavy atom. The van der Waals surface area contributed by atoms with Crippen molar-refractivity contribution >= 4 is 23.2 Å². The van der Waals surface area contributed by atoms with E-state index in [4.69, 9.17) is 0 Å². The molecular weight excluding hydrogens is 362 g/mol. The summed E-state index contributed by atoms with van der Waals surface area (Å²) in [5.41, 5.74) is 3.14. The van der Waals surface area contributed by atoms with Crippen molar-refractivity contribution in [2.75, 3.05) is 36.4 Å². The second-order valence-electron chi connectivity index (χ2n) is 7.56. The third-order valence-electron chi connectivity index (χ3n) is 5.26. The minimum absolute atomic E-state index is 0.0261. The monoisotopic (exact) mass is 393 g/mol. The average Bonchev–Trinajstić information content (AvgIpc) is 3.29. The van der Waals surface area contributed by atoms with Crippen molar-refractivity contribution in [3.05, 3.63) is 59.7 Å². The van der Waals surface area contributed by atoms with Gasteiger partial charge in [0.25, 0.3) is 11.8 Å². The molecule has 1 N–H and O–H groups in total. The molecule has 0 unspecified atom stereocenters. The maximum Gasteiger partial charge on any atom is 0.255 e. The Bertz CT molecular complexity index is 803. The standard InChI is InChI=1S/C24H31N3O2/c1-3-15-27(16-4-2)24(29)20-9-7-19(8-10-20)23(28)25-21-11-13-22(14-12-21)26-17-5-6-18-26/h7-14H,3-6,15-18H2,1-2H3,(H,25,28).